The molecule has 4 heteroatoms. The molecule has 0 aliphatic heterocycles. The van der Waals surface area contributed by atoms with E-state index in [0.717, 1.165) is 31.4 Å². The molecule has 0 bridgehead atoms. The Morgan fingerprint density at radius 2 is 1.69 bits per heavy atom. The van der Waals surface area contributed by atoms with Crippen molar-refractivity contribution in [1.82, 2.24) is 0 Å². The van der Waals surface area contributed by atoms with Gasteiger partial charge in [0.05, 0.1) is 5.56 Å². The van der Waals surface area contributed by atoms with Crippen LogP contribution in [0.3, 0.4) is 0 Å². The summed E-state index contributed by atoms with van der Waals surface area (Å²) in [6, 6.07) is 2.07. The number of carbonyl (C=O) groups excluding carboxylic acids is 1. The molecular formula is C12H16O4. The molecule has 0 aliphatic carbocycles. The van der Waals surface area contributed by atoms with E-state index in [0.29, 0.717) is 6.42 Å². The van der Waals surface area contributed by atoms with Crippen molar-refractivity contribution in [2.45, 2.75) is 32.6 Å². The van der Waals surface area contributed by atoms with E-state index in [1.807, 2.05) is 6.92 Å². The molecule has 88 valence electrons. The summed E-state index contributed by atoms with van der Waals surface area (Å²) in [4.78, 5) is 11.7. The van der Waals surface area contributed by atoms with E-state index in [4.69, 9.17) is 5.11 Å². The highest BCUT2D eigenvalue weighted by Crippen LogP contribution is 2.32. The number of hydrogen-bond acceptors (Lipinski definition) is 4. The number of benzene rings is 1. The zero-order valence-corrected chi connectivity index (χ0v) is 9.23. The van der Waals surface area contributed by atoms with Crippen LogP contribution in [-0.2, 0) is 0 Å². The number of Topliss-reactive ketones (excluding diaryl/α,β-unsaturated/α-hetero) is 1. The van der Waals surface area contributed by atoms with Crippen molar-refractivity contribution < 1.29 is 20.1 Å². The second-order valence-corrected chi connectivity index (χ2v) is 3.74. The van der Waals surface area contributed by atoms with Crippen LogP contribution >= 0.6 is 0 Å². The Hall–Kier alpha value is -1.71. The third-order valence-electron chi connectivity index (χ3n) is 2.40. The Balaban J connectivity index is 2.79. The molecule has 3 N–H and O–H groups in total. The van der Waals surface area contributed by atoms with E-state index in [1.165, 1.54) is 0 Å². The van der Waals surface area contributed by atoms with Gasteiger partial charge in [-0.05, 0) is 12.5 Å². The van der Waals surface area contributed by atoms with Crippen molar-refractivity contribution in [3.05, 3.63) is 17.7 Å². The van der Waals surface area contributed by atoms with Gasteiger partial charge in [0.2, 0.25) is 0 Å². The molecule has 1 aromatic rings. The first-order valence-electron chi connectivity index (χ1n) is 5.34. The van der Waals surface area contributed by atoms with Crippen LogP contribution in [0.1, 0.15) is 43.0 Å². The quantitative estimate of drug-likeness (QED) is 0.311. The summed E-state index contributed by atoms with van der Waals surface area (Å²) in [7, 11) is 0. The Morgan fingerprint density at radius 1 is 1.06 bits per heavy atom. The highest BCUT2D eigenvalue weighted by molar-refractivity contribution is 5.99. The molecule has 0 spiro atoms. The molecule has 0 saturated carbocycles. The molecule has 1 rings (SSSR count). The molecule has 0 unspecified atom stereocenters. The van der Waals surface area contributed by atoms with Crippen molar-refractivity contribution in [2.75, 3.05) is 0 Å². The summed E-state index contributed by atoms with van der Waals surface area (Å²) in [6.07, 6.45) is 3.07. The number of unbranched alkanes of at least 4 members (excludes halogenated alkanes) is 2. The maximum Gasteiger partial charge on any atom is 0.166 e. The van der Waals surface area contributed by atoms with Crippen molar-refractivity contribution in [1.29, 1.82) is 0 Å². The average Bonchev–Trinajstić information content (AvgIpc) is 2.23. The van der Waals surface area contributed by atoms with Crippen LogP contribution in [0.4, 0.5) is 0 Å². The number of aromatic hydroxyl groups is 3. The first-order valence-corrected chi connectivity index (χ1v) is 5.34. The molecule has 16 heavy (non-hydrogen) atoms. The van der Waals surface area contributed by atoms with Gasteiger partial charge in [-0.25, -0.2) is 0 Å². The van der Waals surface area contributed by atoms with E-state index >= 15 is 0 Å². The second-order valence-electron chi connectivity index (χ2n) is 3.74. The number of ketones is 1. The predicted octanol–water partition coefficient (Wildman–Crippen LogP) is 2.57. The highest BCUT2D eigenvalue weighted by Gasteiger charge is 2.14. The van der Waals surface area contributed by atoms with E-state index in [2.05, 4.69) is 0 Å². The lowest BCUT2D eigenvalue weighted by atomic mass is 10.0. The van der Waals surface area contributed by atoms with Crippen molar-refractivity contribution in [2.24, 2.45) is 0 Å². The minimum Gasteiger partial charge on any atom is -0.507 e. The SMILES string of the molecule is CCCCCC(=O)c1cc(O)c(O)cc1O. The highest BCUT2D eigenvalue weighted by atomic mass is 16.3. The normalized spacial score (nSPS) is 10.3. The molecule has 0 saturated heterocycles. The predicted molar refractivity (Wildman–Crippen MR) is 59.9 cm³/mol. The van der Waals surface area contributed by atoms with E-state index in [9.17, 15) is 15.0 Å². The van der Waals surface area contributed by atoms with Crippen molar-refractivity contribution in [3.8, 4) is 17.2 Å². The summed E-state index contributed by atoms with van der Waals surface area (Å²) in [5.74, 6) is -1.34. The molecule has 0 amide bonds. The van der Waals surface area contributed by atoms with E-state index in [1.54, 1.807) is 0 Å². The fraction of sp³-hybridized carbons (Fsp3) is 0.417. The van der Waals surface area contributed by atoms with Gasteiger partial charge >= 0.3 is 0 Å². The lowest BCUT2D eigenvalue weighted by Gasteiger charge is -2.05. The van der Waals surface area contributed by atoms with Gasteiger partial charge in [0.15, 0.2) is 17.3 Å². The van der Waals surface area contributed by atoms with Gasteiger partial charge in [-0.3, -0.25) is 4.79 Å². The van der Waals surface area contributed by atoms with Gasteiger partial charge in [0.1, 0.15) is 5.75 Å². The lowest BCUT2D eigenvalue weighted by molar-refractivity contribution is 0.0976. The van der Waals surface area contributed by atoms with Gasteiger partial charge in [0, 0.05) is 12.5 Å². The molecule has 0 fully saturated rings. The van der Waals surface area contributed by atoms with Crippen LogP contribution in [0, 0.1) is 0 Å². The Kier molecular flexibility index (Phi) is 4.17. The van der Waals surface area contributed by atoms with Crippen LogP contribution in [-0.4, -0.2) is 21.1 Å². The number of phenolic OH excluding ortho intramolecular Hbond substituents is 3. The zero-order valence-electron chi connectivity index (χ0n) is 9.23. The molecular weight excluding hydrogens is 208 g/mol. The van der Waals surface area contributed by atoms with Crippen LogP contribution in [0.5, 0.6) is 17.2 Å². The topological polar surface area (TPSA) is 77.8 Å². The Morgan fingerprint density at radius 3 is 2.31 bits per heavy atom. The second kappa shape index (κ2) is 5.39. The largest absolute Gasteiger partial charge is 0.507 e. The number of hydrogen-bond donors (Lipinski definition) is 3. The van der Waals surface area contributed by atoms with Gasteiger partial charge in [-0.1, -0.05) is 19.8 Å². The molecule has 1 aromatic carbocycles. The Bertz CT molecular complexity index is 385. The van der Waals surface area contributed by atoms with Crippen LogP contribution < -0.4 is 0 Å². The summed E-state index contributed by atoms with van der Waals surface area (Å²) in [5, 5.41) is 27.8. The molecule has 0 atom stereocenters. The third-order valence-corrected chi connectivity index (χ3v) is 2.40. The molecule has 4 nitrogen and oxygen atoms in total. The van der Waals surface area contributed by atoms with Crippen LogP contribution in [0.2, 0.25) is 0 Å². The fourth-order valence-corrected chi connectivity index (χ4v) is 1.46. The first kappa shape index (κ1) is 12.4. The van der Waals surface area contributed by atoms with Crippen molar-refractivity contribution in [3.63, 3.8) is 0 Å². The van der Waals surface area contributed by atoms with Crippen LogP contribution in [0.25, 0.3) is 0 Å². The Labute approximate surface area is 94.2 Å². The van der Waals surface area contributed by atoms with E-state index in [-0.39, 0.29) is 17.1 Å². The summed E-state index contributed by atoms with van der Waals surface area (Å²) in [6.45, 7) is 2.04. The van der Waals surface area contributed by atoms with Gasteiger partial charge < -0.3 is 15.3 Å². The van der Waals surface area contributed by atoms with Crippen molar-refractivity contribution >= 4 is 5.78 Å². The smallest absolute Gasteiger partial charge is 0.166 e. The number of rotatable bonds is 5. The minimum atomic E-state index is -0.428. The minimum absolute atomic E-state index is 0.0615. The van der Waals surface area contributed by atoms with Gasteiger partial charge in [-0.2, -0.15) is 0 Å². The average molecular weight is 224 g/mol. The molecule has 0 aromatic heterocycles. The van der Waals surface area contributed by atoms with Crippen LogP contribution in [0.15, 0.2) is 12.1 Å². The molecule has 0 heterocycles. The lowest BCUT2D eigenvalue weighted by Crippen LogP contribution is -1.99. The summed E-state index contributed by atoms with van der Waals surface area (Å²) in [5.41, 5.74) is 0.0615. The summed E-state index contributed by atoms with van der Waals surface area (Å²) < 4.78 is 0. The monoisotopic (exact) mass is 224 g/mol. The summed E-state index contributed by atoms with van der Waals surface area (Å²) >= 11 is 0. The first-order chi connectivity index (χ1) is 7.56. The third kappa shape index (κ3) is 2.89. The fourth-order valence-electron chi connectivity index (χ4n) is 1.46. The number of carbonyl (C=O) groups is 1. The molecule has 0 radical (unpaired) electrons. The maximum absolute atomic E-state index is 11.7. The van der Waals surface area contributed by atoms with E-state index < -0.39 is 11.5 Å². The maximum atomic E-state index is 11.7. The van der Waals surface area contributed by atoms with Gasteiger partial charge in [-0.15, -0.1) is 0 Å². The van der Waals surface area contributed by atoms with Gasteiger partial charge in [0.25, 0.3) is 0 Å². The standard InChI is InChI=1S/C12H16O4/c1-2-3-4-5-9(13)8-6-11(15)12(16)7-10(8)14/h6-7,14-16H,2-5H2,1H3. The molecule has 0 aliphatic rings. The number of phenols is 3. The zero-order chi connectivity index (χ0) is 12.1.